The number of nitrogens with zero attached hydrogens (tertiary/aromatic N) is 1. The molecule has 0 aromatic heterocycles. The summed E-state index contributed by atoms with van der Waals surface area (Å²) < 4.78 is 78.8. The summed E-state index contributed by atoms with van der Waals surface area (Å²) in [5.74, 6) is 0.430. The van der Waals surface area contributed by atoms with E-state index in [1.165, 1.54) is 27.2 Å². The number of hydrogen-bond acceptors (Lipinski definition) is 4. The van der Waals surface area contributed by atoms with Gasteiger partial charge in [0.1, 0.15) is 11.5 Å². The zero-order valence-electron chi connectivity index (χ0n) is 19.0. The Morgan fingerprint density at radius 1 is 0.939 bits per heavy atom. The van der Waals surface area contributed by atoms with Gasteiger partial charge in [0.05, 0.1) is 25.9 Å². The molecule has 0 aliphatic carbocycles. The highest BCUT2D eigenvalue weighted by molar-refractivity contribution is 7.89. The SMILES string of the molecule is C=CCC(C)C(CC(F)(F)F)S(=O)(=O)N(Cc1ccc(OC)cc1)Cc1ccc(OC)cc1. The van der Waals surface area contributed by atoms with Crippen molar-refractivity contribution in [1.29, 1.82) is 0 Å². The van der Waals surface area contributed by atoms with Gasteiger partial charge in [0.15, 0.2) is 0 Å². The van der Waals surface area contributed by atoms with Crippen LogP contribution in [0.25, 0.3) is 0 Å². The Bertz CT molecular complexity index is 940. The monoisotopic (exact) mass is 485 g/mol. The van der Waals surface area contributed by atoms with Crippen LogP contribution in [0.1, 0.15) is 30.9 Å². The fraction of sp³-hybridized carbons (Fsp3) is 0.417. The fourth-order valence-corrected chi connectivity index (χ4v) is 5.68. The molecule has 5 nitrogen and oxygen atoms in total. The molecule has 0 radical (unpaired) electrons. The van der Waals surface area contributed by atoms with Gasteiger partial charge in [0.25, 0.3) is 0 Å². The molecule has 33 heavy (non-hydrogen) atoms. The fourth-order valence-electron chi connectivity index (χ4n) is 3.54. The number of hydrogen-bond donors (Lipinski definition) is 0. The second-order valence-corrected chi connectivity index (χ2v) is 10.0. The number of methoxy groups -OCH3 is 2. The Kier molecular flexibility index (Phi) is 9.36. The first-order chi connectivity index (χ1) is 15.5. The highest BCUT2D eigenvalue weighted by atomic mass is 32.2. The summed E-state index contributed by atoms with van der Waals surface area (Å²) in [6.45, 7) is 4.92. The lowest BCUT2D eigenvalue weighted by atomic mass is 10.0. The zero-order chi connectivity index (χ0) is 24.6. The van der Waals surface area contributed by atoms with Gasteiger partial charge >= 0.3 is 6.18 Å². The van der Waals surface area contributed by atoms with Crippen LogP contribution in [0.5, 0.6) is 11.5 Å². The normalized spacial score (nSPS) is 14.0. The summed E-state index contributed by atoms with van der Waals surface area (Å²) in [5.41, 5.74) is 1.27. The van der Waals surface area contributed by atoms with Crippen molar-refractivity contribution in [2.75, 3.05) is 14.2 Å². The van der Waals surface area contributed by atoms with E-state index in [0.29, 0.717) is 22.6 Å². The molecule has 0 spiro atoms. The van der Waals surface area contributed by atoms with Crippen molar-refractivity contribution in [3.63, 3.8) is 0 Å². The van der Waals surface area contributed by atoms with Crippen LogP contribution in [-0.4, -0.2) is 38.4 Å². The summed E-state index contributed by atoms with van der Waals surface area (Å²) in [6.07, 6.45) is -4.45. The van der Waals surface area contributed by atoms with E-state index in [9.17, 15) is 21.6 Å². The Hall–Kier alpha value is -2.52. The lowest BCUT2D eigenvalue weighted by Crippen LogP contribution is -2.43. The topological polar surface area (TPSA) is 55.8 Å². The third-order valence-electron chi connectivity index (χ3n) is 5.38. The summed E-state index contributed by atoms with van der Waals surface area (Å²) >= 11 is 0. The van der Waals surface area contributed by atoms with Crippen molar-refractivity contribution in [1.82, 2.24) is 4.31 Å². The first kappa shape index (κ1) is 26.7. The third-order valence-corrected chi connectivity index (χ3v) is 7.76. The number of rotatable bonds is 12. The van der Waals surface area contributed by atoms with E-state index in [1.807, 2.05) is 0 Å². The molecule has 182 valence electrons. The maximum atomic E-state index is 13.6. The molecule has 2 rings (SSSR count). The molecule has 0 heterocycles. The Morgan fingerprint density at radius 2 is 1.36 bits per heavy atom. The van der Waals surface area contributed by atoms with Gasteiger partial charge in [-0.25, -0.2) is 8.42 Å². The van der Waals surface area contributed by atoms with Crippen LogP contribution in [0.3, 0.4) is 0 Å². The Morgan fingerprint density at radius 3 is 1.70 bits per heavy atom. The second-order valence-electron chi connectivity index (χ2n) is 7.87. The number of allylic oxidation sites excluding steroid dienone is 1. The van der Waals surface area contributed by atoms with Crippen LogP contribution >= 0.6 is 0 Å². The maximum absolute atomic E-state index is 13.6. The second kappa shape index (κ2) is 11.6. The number of ether oxygens (including phenoxy) is 2. The number of halogens is 3. The largest absolute Gasteiger partial charge is 0.497 e. The smallest absolute Gasteiger partial charge is 0.390 e. The minimum absolute atomic E-state index is 0.0759. The van der Waals surface area contributed by atoms with Crippen molar-refractivity contribution >= 4 is 10.0 Å². The molecule has 0 amide bonds. The van der Waals surface area contributed by atoms with Gasteiger partial charge in [0, 0.05) is 13.1 Å². The maximum Gasteiger partial charge on any atom is 0.390 e. The molecule has 0 N–H and O–H groups in total. The average molecular weight is 486 g/mol. The molecule has 0 saturated carbocycles. The minimum Gasteiger partial charge on any atom is -0.497 e. The van der Waals surface area contributed by atoms with Gasteiger partial charge in [-0.05, 0) is 47.7 Å². The van der Waals surface area contributed by atoms with Crippen molar-refractivity contribution < 1.29 is 31.1 Å². The zero-order valence-corrected chi connectivity index (χ0v) is 19.8. The average Bonchev–Trinajstić information content (AvgIpc) is 2.77. The predicted molar refractivity (Wildman–Crippen MR) is 123 cm³/mol. The number of sulfonamides is 1. The lowest BCUT2D eigenvalue weighted by molar-refractivity contribution is -0.136. The van der Waals surface area contributed by atoms with Crippen LogP contribution < -0.4 is 9.47 Å². The summed E-state index contributed by atoms with van der Waals surface area (Å²) in [5, 5.41) is -1.63. The highest BCUT2D eigenvalue weighted by Gasteiger charge is 2.43. The van der Waals surface area contributed by atoms with Crippen LogP contribution in [0.15, 0.2) is 61.2 Å². The molecule has 2 atom stereocenters. The summed E-state index contributed by atoms with van der Waals surface area (Å²) in [7, 11) is -1.32. The van der Waals surface area contributed by atoms with E-state index in [4.69, 9.17) is 9.47 Å². The van der Waals surface area contributed by atoms with E-state index >= 15 is 0 Å². The van der Waals surface area contributed by atoms with E-state index in [1.54, 1.807) is 48.5 Å². The van der Waals surface area contributed by atoms with Gasteiger partial charge in [-0.3, -0.25) is 0 Å². The van der Waals surface area contributed by atoms with Crippen molar-refractivity contribution in [3.05, 3.63) is 72.3 Å². The van der Waals surface area contributed by atoms with Crippen molar-refractivity contribution in [2.24, 2.45) is 5.92 Å². The first-order valence-corrected chi connectivity index (χ1v) is 11.9. The molecule has 0 bridgehead atoms. The van der Waals surface area contributed by atoms with Gasteiger partial charge in [0.2, 0.25) is 10.0 Å². The van der Waals surface area contributed by atoms with Crippen molar-refractivity contribution in [2.45, 2.75) is 44.3 Å². The molecule has 9 heteroatoms. The van der Waals surface area contributed by atoms with Crippen molar-refractivity contribution in [3.8, 4) is 11.5 Å². The lowest BCUT2D eigenvalue weighted by Gasteiger charge is -2.31. The molecule has 0 fully saturated rings. The van der Waals surface area contributed by atoms with E-state index in [0.717, 1.165) is 4.31 Å². The molecular weight excluding hydrogens is 455 g/mol. The van der Waals surface area contributed by atoms with Crippen LogP contribution in [0.4, 0.5) is 13.2 Å². The third kappa shape index (κ3) is 7.78. The standard InChI is InChI=1S/C24H30F3NO4S/c1-5-6-18(2)23(15-24(25,26)27)33(29,30)28(16-19-7-11-21(31-3)12-8-19)17-20-9-13-22(32-4)14-10-20/h5,7-14,18,23H,1,6,15-17H2,2-4H3. The number of alkyl halides is 3. The first-order valence-electron chi connectivity index (χ1n) is 10.4. The van der Waals surface area contributed by atoms with Gasteiger partial charge in [-0.1, -0.05) is 37.3 Å². The quantitative estimate of drug-likeness (QED) is 0.369. The molecule has 2 aromatic carbocycles. The van der Waals surface area contributed by atoms with Crippen LogP contribution in [-0.2, 0) is 23.1 Å². The highest BCUT2D eigenvalue weighted by Crippen LogP contribution is 2.33. The van der Waals surface area contributed by atoms with E-state index in [2.05, 4.69) is 6.58 Å². The van der Waals surface area contributed by atoms with Gasteiger partial charge < -0.3 is 9.47 Å². The molecule has 0 aliphatic heterocycles. The Labute approximate surface area is 193 Å². The number of benzene rings is 2. The molecule has 2 aromatic rings. The molecular formula is C24H30F3NO4S. The van der Waals surface area contributed by atoms with E-state index < -0.39 is 33.8 Å². The summed E-state index contributed by atoms with van der Waals surface area (Å²) in [6, 6.07) is 13.5. The molecule has 0 aliphatic rings. The molecule has 2 unspecified atom stereocenters. The van der Waals surface area contributed by atoms with Gasteiger partial charge in [-0.2, -0.15) is 17.5 Å². The van der Waals surface area contributed by atoms with Crippen LogP contribution in [0.2, 0.25) is 0 Å². The van der Waals surface area contributed by atoms with Gasteiger partial charge in [-0.15, -0.1) is 6.58 Å². The van der Waals surface area contributed by atoms with Crippen LogP contribution in [0, 0.1) is 5.92 Å². The molecule has 0 saturated heterocycles. The summed E-state index contributed by atoms with van der Waals surface area (Å²) in [4.78, 5) is 0. The Balaban J connectivity index is 2.46. The van der Waals surface area contributed by atoms with E-state index in [-0.39, 0.29) is 19.5 Å². The predicted octanol–water partition coefficient (Wildman–Crippen LogP) is 5.57. The minimum atomic E-state index is -4.63.